The lowest BCUT2D eigenvalue weighted by Crippen LogP contribution is -2.38. The Morgan fingerprint density at radius 2 is 2.09 bits per heavy atom. The van der Waals surface area contributed by atoms with Crippen LogP contribution in [0.5, 0.6) is 5.75 Å². The number of imidazole rings is 1. The number of hydrogen-bond acceptors (Lipinski definition) is 3. The van der Waals surface area contributed by atoms with Crippen LogP contribution in [-0.2, 0) is 11.8 Å². The molecule has 0 radical (unpaired) electrons. The van der Waals surface area contributed by atoms with Gasteiger partial charge in [0.2, 0.25) is 5.91 Å². The van der Waals surface area contributed by atoms with Crippen molar-refractivity contribution in [3.8, 4) is 5.75 Å². The van der Waals surface area contributed by atoms with Gasteiger partial charge < -0.3 is 14.6 Å². The minimum Gasteiger partial charge on any atom is -0.497 e. The molecule has 2 aromatic rings. The van der Waals surface area contributed by atoms with E-state index in [0.717, 1.165) is 36.4 Å². The molecule has 1 aromatic carbocycles. The Morgan fingerprint density at radius 1 is 1.36 bits per heavy atom. The molecule has 1 aromatic heterocycles. The summed E-state index contributed by atoms with van der Waals surface area (Å²) in [6, 6.07) is 7.51. The highest BCUT2D eigenvalue weighted by Gasteiger charge is 2.29. The van der Waals surface area contributed by atoms with E-state index in [-0.39, 0.29) is 17.9 Å². The molecule has 1 saturated carbocycles. The maximum Gasteiger partial charge on any atom is 0.223 e. The average Bonchev–Trinajstić information content (AvgIpc) is 2.89. The molecule has 1 aliphatic rings. The lowest BCUT2D eigenvalue weighted by atomic mass is 9.84. The van der Waals surface area contributed by atoms with Crippen LogP contribution in [0.2, 0.25) is 0 Å². The summed E-state index contributed by atoms with van der Waals surface area (Å²) in [5.41, 5.74) is 1.00. The highest BCUT2D eigenvalue weighted by atomic mass is 16.5. The maximum atomic E-state index is 12.4. The number of aromatic nitrogens is 2. The first-order valence-corrected chi connectivity index (χ1v) is 7.60. The predicted octanol–water partition coefficient (Wildman–Crippen LogP) is 2.43. The van der Waals surface area contributed by atoms with E-state index in [1.54, 1.807) is 13.3 Å². The monoisotopic (exact) mass is 299 g/mol. The second-order valence-corrected chi connectivity index (χ2v) is 5.74. The van der Waals surface area contributed by atoms with E-state index in [1.807, 2.05) is 42.1 Å². The molecule has 0 saturated heterocycles. The van der Waals surface area contributed by atoms with E-state index in [9.17, 15) is 4.79 Å². The van der Waals surface area contributed by atoms with Crippen molar-refractivity contribution in [2.24, 2.45) is 13.0 Å². The zero-order valence-electron chi connectivity index (χ0n) is 13.0. The van der Waals surface area contributed by atoms with Crippen molar-refractivity contribution < 1.29 is 9.53 Å². The Hall–Kier alpha value is -2.30. The smallest absolute Gasteiger partial charge is 0.223 e. The SMILES string of the molecule is COc1ccc(C(NC(=O)C2CCC2)c2nccn2C)cc1. The molecule has 1 heterocycles. The number of amides is 1. The third kappa shape index (κ3) is 2.84. The Balaban J connectivity index is 1.87. The molecule has 1 fully saturated rings. The van der Waals surface area contributed by atoms with Gasteiger partial charge in [0.05, 0.1) is 7.11 Å². The first-order chi connectivity index (χ1) is 10.7. The lowest BCUT2D eigenvalue weighted by Gasteiger charge is -2.27. The molecule has 5 heteroatoms. The van der Waals surface area contributed by atoms with Crippen molar-refractivity contribution in [3.63, 3.8) is 0 Å². The van der Waals surface area contributed by atoms with Gasteiger partial charge in [0, 0.05) is 25.4 Å². The highest BCUT2D eigenvalue weighted by molar-refractivity contribution is 5.80. The van der Waals surface area contributed by atoms with E-state index in [0.29, 0.717) is 0 Å². The van der Waals surface area contributed by atoms with Crippen molar-refractivity contribution in [1.82, 2.24) is 14.9 Å². The molecule has 1 N–H and O–H groups in total. The van der Waals surface area contributed by atoms with Crippen LogP contribution in [0.1, 0.15) is 36.7 Å². The Bertz CT molecular complexity index is 644. The number of nitrogens with one attached hydrogen (secondary N) is 1. The van der Waals surface area contributed by atoms with Gasteiger partial charge in [-0.3, -0.25) is 4.79 Å². The average molecular weight is 299 g/mol. The van der Waals surface area contributed by atoms with Crippen molar-refractivity contribution >= 4 is 5.91 Å². The lowest BCUT2D eigenvalue weighted by molar-refractivity contribution is -0.127. The second-order valence-electron chi connectivity index (χ2n) is 5.74. The molecule has 1 atom stereocenters. The van der Waals surface area contributed by atoms with Gasteiger partial charge >= 0.3 is 0 Å². The number of carbonyl (C=O) groups is 1. The van der Waals surface area contributed by atoms with Gasteiger partial charge in [-0.05, 0) is 30.5 Å². The number of ether oxygens (including phenoxy) is 1. The van der Waals surface area contributed by atoms with E-state index in [2.05, 4.69) is 10.3 Å². The molecule has 0 spiro atoms. The fourth-order valence-electron chi connectivity index (χ4n) is 2.68. The third-order valence-corrected chi connectivity index (χ3v) is 4.33. The first-order valence-electron chi connectivity index (χ1n) is 7.60. The van der Waals surface area contributed by atoms with E-state index >= 15 is 0 Å². The number of hydrogen-bond donors (Lipinski definition) is 1. The number of benzene rings is 1. The molecule has 116 valence electrons. The Kier molecular flexibility index (Phi) is 4.13. The van der Waals surface area contributed by atoms with Crippen molar-refractivity contribution in [2.45, 2.75) is 25.3 Å². The van der Waals surface area contributed by atoms with Gasteiger partial charge in [0.15, 0.2) is 0 Å². The summed E-state index contributed by atoms with van der Waals surface area (Å²) in [6.07, 6.45) is 6.76. The molecule has 0 bridgehead atoms. The van der Waals surface area contributed by atoms with E-state index in [1.165, 1.54) is 0 Å². The van der Waals surface area contributed by atoms with Crippen LogP contribution >= 0.6 is 0 Å². The second kappa shape index (κ2) is 6.22. The summed E-state index contributed by atoms with van der Waals surface area (Å²) in [4.78, 5) is 16.8. The van der Waals surface area contributed by atoms with Gasteiger partial charge in [-0.25, -0.2) is 4.98 Å². The van der Waals surface area contributed by atoms with Crippen LogP contribution in [0.25, 0.3) is 0 Å². The van der Waals surface area contributed by atoms with E-state index in [4.69, 9.17) is 4.74 Å². The molecule has 3 rings (SSSR count). The molecule has 0 aliphatic heterocycles. The zero-order chi connectivity index (χ0) is 15.5. The molecule has 22 heavy (non-hydrogen) atoms. The molecule has 1 unspecified atom stereocenters. The van der Waals surface area contributed by atoms with Crippen LogP contribution in [-0.4, -0.2) is 22.6 Å². The largest absolute Gasteiger partial charge is 0.497 e. The van der Waals surface area contributed by atoms with Crippen LogP contribution in [0, 0.1) is 5.92 Å². The van der Waals surface area contributed by atoms with Gasteiger partial charge in [-0.15, -0.1) is 0 Å². The number of rotatable bonds is 5. The molecule has 1 aliphatic carbocycles. The van der Waals surface area contributed by atoms with Gasteiger partial charge in [-0.2, -0.15) is 0 Å². The first kappa shape index (κ1) is 14.6. The normalized spacial score (nSPS) is 15.9. The zero-order valence-corrected chi connectivity index (χ0v) is 13.0. The highest BCUT2D eigenvalue weighted by Crippen LogP contribution is 2.29. The van der Waals surface area contributed by atoms with Gasteiger partial charge in [-0.1, -0.05) is 18.6 Å². The standard InChI is InChI=1S/C17H21N3O2/c1-20-11-10-18-16(20)15(19-17(21)13-4-3-5-13)12-6-8-14(22-2)9-7-12/h6-11,13,15H,3-5H2,1-2H3,(H,19,21). The topological polar surface area (TPSA) is 56.1 Å². The van der Waals surface area contributed by atoms with Crippen LogP contribution in [0.15, 0.2) is 36.7 Å². The number of aryl methyl sites for hydroxylation is 1. The minimum absolute atomic E-state index is 0.120. The van der Waals surface area contributed by atoms with Crippen molar-refractivity contribution in [2.75, 3.05) is 7.11 Å². The van der Waals surface area contributed by atoms with Crippen molar-refractivity contribution in [3.05, 3.63) is 48.0 Å². The summed E-state index contributed by atoms with van der Waals surface area (Å²) >= 11 is 0. The number of methoxy groups -OCH3 is 1. The summed E-state index contributed by atoms with van der Waals surface area (Å²) in [5, 5.41) is 3.15. The van der Waals surface area contributed by atoms with Crippen molar-refractivity contribution in [1.29, 1.82) is 0 Å². The van der Waals surface area contributed by atoms with Crippen LogP contribution in [0.3, 0.4) is 0 Å². The van der Waals surface area contributed by atoms with E-state index < -0.39 is 0 Å². The predicted molar refractivity (Wildman–Crippen MR) is 83.5 cm³/mol. The van der Waals surface area contributed by atoms with Crippen LogP contribution in [0.4, 0.5) is 0 Å². The maximum absolute atomic E-state index is 12.4. The summed E-state index contributed by atoms with van der Waals surface area (Å²) in [7, 11) is 3.58. The molecule has 1 amide bonds. The summed E-state index contributed by atoms with van der Waals surface area (Å²) in [6.45, 7) is 0. The van der Waals surface area contributed by atoms with Gasteiger partial charge in [0.1, 0.15) is 17.6 Å². The Morgan fingerprint density at radius 3 is 2.59 bits per heavy atom. The Labute approximate surface area is 130 Å². The minimum atomic E-state index is -0.237. The fourth-order valence-corrected chi connectivity index (χ4v) is 2.68. The van der Waals surface area contributed by atoms with Gasteiger partial charge in [0.25, 0.3) is 0 Å². The summed E-state index contributed by atoms with van der Waals surface area (Å²) in [5.74, 6) is 1.90. The molecular weight excluding hydrogens is 278 g/mol. The number of carbonyl (C=O) groups excluding carboxylic acids is 1. The molecule has 5 nitrogen and oxygen atoms in total. The quantitative estimate of drug-likeness (QED) is 0.922. The third-order valence-electron chi connectivity index (χ3n) is 4.33. The summed E-state index contributed by atoms with van der Waals surface area (Å²) < 4.78 is 7.14. The fraction of sp³-hybridized carbons (Fsp3) is 0.412. The molecular formula is C17H21N3O2. The number of nitrogens with zero attached hydrogens (tertiary/aromatic N) is 2. The van der Waals surface area contributed by atoms with Crippen LogP contribution < -0.4 is 10.1 Å².